The zero-order valence-corrected chi connectivity index (χ0v) is 21.9. The molecule has 0 fully saturated rings. The summed E-state index contributed by atoms with van der Waals surface area (Å²) >= 11 is 0. The maximum Gasteiger partial charge on any atom is 0.342 e. The first-order chi connectivity index (χ1) is 16.6. The summed E-state index contributed by atoms with van der Waals surface area (Å²) in [6.07, 6.45) is 7.22. The van der Waals surface area contributed by atoms with E-state index in [0.717, 1.165) is 12.0 Å². The molecule has 1 atom stereocenters. The average Bonchev–Trinajstić information content (AvgIpc) is 2.80. The van der Waals surface area contributed by atoms with Crippen molar-refractivity contribution in [2.24, 2.45) is 0 Å². The molecule has 0 bridgehead atoms. The van der Waals surface area contributed by atoms with Crippen molar-refractivity contribution >= 4 is 17.8 Å². The van der Waals surface area contributed by atoms with Crippen LogP contribution in [0.25, 0.3) is 6.08 Å². The van der Waals surface area contributed by atoms with Gasteiger partial charge < -0.3 is 14.6 Å². The van der Waals surface area contributed by atoms with Gasteiger partial charge in [0.1, 0.15) is 29.5 Å². The number of ketones is 1. The number of carbonyl (C=O) groups is 2. The maximum atomic E-state index is 12.9. The lowest BCUT2D eigenvalue weighted by atomic mass is 9.90. The van der Waals surface area contributed by atoms with Gasteiger partial charge in [-0.3, -0.25) is 4.79 Å². The lowest BCUT2D eigenvalue weighted by Crippen LogP contribution is -2.17. The summed E-state index contributed by atoms with van der Waals surface area (Å²) in [5.74, 6) is -0.00000119. The average molecular weight is 479 g/mol. The standard InChI is InChI=1S/C30H38O5/c1-18-11-10-14-25(31)13-9-7-8-12-24-15-26(16-28(32)29(24)30(33)35-18)34-17-27-22(5)20(3)19(2)21(4)23(27)6/h8,12,15-16,18,32H,7,9-11,13-14,17H2,1-6H3/t18-/m0/s1. The third-order valence-electron chi connectivity index (χ3n) is 7.36. The second kappa shape index (κ2) is 11.6. The molecule has 0 saturated carbocycles. The minimum absolute atomic E-state index is 0.142. The molecule has 0 radical (unpaired) electrons. The van der Waals surface area contributed by atoms with Crippen LogP contribution in [0, 0.1) is 34.6 Å². The molecule has 3 rings (SSSR count). The lowest BCUT2D eigenvalue weighted by Gasteiger charge is -2.20. The number of aromatic hydroxyl groups is 1. The van der Waals surface area contributed by atoms with E-state index in [1.807, 2.05) is 13.0 Å². The van der Waals surface area contributed by atoms with Crippen molar-refractivity contribution in [1.29, 1.82) is 0 Å². The molecule has 0 amide bonds. The van der Waals surface area contributed by atoms with Crippen molar-refractivity contribution in [1.82, 2.24) is 0 Å². The van der Waals surface area contributed by atoms with Gasteiger partial charge in [-0.1, -0.05) is 12.2 Å². The Balaban J connectivity index is 1.92. The molecule has 0 aliphatic carbocycles. The number of ether oxygens (including phenoxy) is 2. The third-order valence-corrected chi connectivity index (χ3v) is 7.36. The summed E-state index contributed by atoms with van der Waals surface area (Å²) in [5, 5.41) is 10.8. The normalized spacial score (nSPS) is 17.5. The molecule has 35 heavy (non-hydrogen) atoms. The van der Waals surface area contributed by atoms with Crippen molar-refractivity contribution in [3.63, 3.8) is 0 Å². The van der Waals surface area contributed by atoms with E-state index in [2.05, 4.69) is 34.6 Å². The monoisotopic (exact) mass is 478 g/mol. The summed E-state index contributed by atoms with van der Waals surface area (Å²) < 4.78 is 11.7. The molecule has 2 aromatic rings. The van der Waals surface area contributed by atoms with Crippen molar-refractivity contribution in [3.8, 4) is 11.5 Å². The number of phenolic OH excluding ortho intramolecular Hbond substituents is 1. The molecule has 2 aromatic carbocycles. The second-order valence-corrected chi connectivity index (χ2v) is 9.74. The quantitative estimate of drug-likeness (QED) is 0.481. The molecule has 0 saturated heterocycles. The highest BCUT2D eigenvalue weighted by Crippen LogP contribution is 2.32. The van der Waals surface area contributed by atoms with Gasteiger partial charge in [0.05, 0.1) is 6.10 Å². The minimum Gasteiger partial charge on any atom is -0.507 e. The molecule has 5 nitrogen and oxygen atoms in total. The van der Waals surface area contributed by atoms with Crippen molar-refractivity contribution in [2.45, 2.75) is 92.8 Å². The molecule has 0 unspecified atom stereocenters. The summed E-state index contributed by atoms with van der Waals surface area (Å²) in [6.45, 7) is 12.8. The number of hydrogen-bond donors (Lipinski definition) is 1. The molecule has 0 spiro atoms. The second-order valence-electron chi connectivity index (χ2n) is 9.74. The van der Waals surface area contributed by atoms with Crippen LogP contribution in [-0.2, 0) is 16.1 Å². The van der Waals surface area contributed by atoms with Gasteiger partial charge in [-0.2, -0.15) is 0 Å². The number of fused-ring (bicyclic) bond motifs is 1. The maximum absolute atomic E-state index is 12.9. The van der Waals surface area contributed by atoms with Crippen LogP contribution in [0.4, 0.5) is 0 Å². The van der Waals surface area contributed by atoms with Crippen molar-refractivity contribution in [2.75, 3.05) is 0 Å². The largest absolute Gasteiger partial charge is 0.507 e. The van der Waals surface area contributed by atoms with Crippen LogP contribution in [0.5, 0.6) is 11.5 Å². The molecular formula is C30H38O5. The number of carbonyl (C=O) groups excluding carboxylic acids is 2. The summed E-state index contributed by atoms with van der Waals surface area (Å²) in [6, 6.07) is 3.26. The fraction of sp³-hybridized carbons (Fsp3) is 0.467. The Morgan fingerprint density at radius 1 is 0.943 bits per heavy atom. The van der Waals surface area contributed by atoms with Gasteiger partial charge in [0.25, 0.3) is 0 Å². The van der Waals surface area contributed by atoms with Gasteiger partial charge in [-0.25, -0.2) is 4.79 Å². The Morgan fingerprint density at radius 3 is 2.26 bits per heavy atom. The number of cyclic esters (lactones) is 1. The Hall–Kier alpha value is -3.08. The first-order valence-corrected chi connectivity index (χ1v) is 12.5. The molecular weight excluding hydrogens is 440 g/mol. The van der Waals surface area contributed by atoms with Gasteiger partial charge in [0, 0.05) is 18.9 Å². The predicted octanol–water partition coefficient (Wildman–Crippen LogP) is 7.00. The van der Waals surface area contributed by atoms with Crippen LogP contribution in [0.2, 0.25) is 0 Å². The zero-order chi connectivity index (χ0) is 25.7. The first-order valence-electron chi connectivity index (χ1n) is 12.5. The number of phenols is 1. The summed E-state index contributed by atoms with van der Waals surface area (Å²) in [5.41, 5.74) is 8.06. The number of benzene rings is 2. The Kier molecular flexibility index (Phi) is 8.76. The van der Waals surface area contributed by atoms with Gasteiger partial charge in [0.2, 0.25) is 0 Å². The lowest BCUT2D eigenvalue weighted by molar-refractivity contribution is -0.119. The van der Waals surface area contributed by atoms with Crippen LogP contribution in [0.1, 0.15) is 94.8 Å². The number of hydrogen-bond acceptors (Lipinski definition) is 5. The molecule has 1 aliphatic heterocycles. The van der Waals surface area contributed by atoms with Crippen molar-refractivity contribution < 1.29 is 24.2 Å². The zero-order valence-electron chi connectivity index (χ0n) is 21.9. The van der Waals surface area contributed by atoms with E-state index in [-0.39, 0.29) is 23.2 Å². The van der Waals surface area contributed by atoms with Gasteiger partial charge in [-0.15, -0.1) is 0 Å². The fourth-order valence-electron chi connectivity index (χ4n) is 4.65. The van der Waals surface area contributed by atoms with Crippen LogP contribution < -0.4 is 4.74 Å². The Morgan fingerprint density at radius 2 is 1.57 bits per heavy atom. The summed E-state index contributed by atoms with van der Waals surface area (Å²) in [7, 11) is 0. The number of Topliss-reactive ketones (excluding diaryl/α,β-unsaturated/α-hetero) is 1. The number of esters is 1. The molecule has 188 valence electrons. The van der Waals surface area contributed by atoms with Crippen LogP contribution >= 0.6 is 0 Å². The highest BCUT2D eigenvalue weighted by Gasteiger charge is 2.22. The smallest absolute Gasteiger partial charge is 0.342 e. The van der Waals surface area contributed by atoms with E-state index in [1.165, 1.54) is 33.9 Å². The molecule has 5 heteroatoms. The third kappa shape index (κ3) is 6.33. The SMILES string of the molecule is Cc1c(C)c(C)c(COc2cc(O)c3c(c2)C=CCCCC(=O)CCC[C@H](C)OC3=O)c(C)c1C. The highest BCUT2D eigenvalue weighted by molar-refractivity contribution is 5.97. The minimum atomic E-state index is -0.568. The van der Waals surface area contributed by atoms with Crippen molar-refractivity contribution in [3.05, 3.63) is 62.7 Å². The van der Waals surface area contributed by atoms with Gasteiger partial charge >= 0.3 is 5.97 Å². The molecule has 1 aliphatic rings. The van der Waals surface area contributed by atoms with E-state index < -0.39 is 5.97 Å². The van der Waals surface area contributed by atoms with Gasteiger partial charge in [-0.05, 0) is 112 Å². The van der Waals surface area contributed by atoms with Crippen LogP contribution in [0.15, 0.2) is 18.2 Å². The van der Waals surface area contributed by atoms with Gasteiger partial charge in [0.15, 0.2) is 0 Å². The van der Waals surface area contributed by atoms with E-state index >= 15 is 0 Å². The molecule has 0 aromatic heterocycles. The first kappa shape index (κ1) is 26.5. The molecule has 1 heterocycles. The van der Waals surface area contributed by atoms with E-state index in [4.69, 9.17) is 9.47 Å². The number of rotatable bonds is 3. The van der Waals surface area contributed by atoms with Crippen LogP contribution in [-0.4, -0.2) is 23.0 Å². The fourth-order valence-corrected chi connectivity index (χ4v) is 4.65. The number of allylic oxidation sites excluding steroid dienone is 1. The Labute approximate surface area is 209 Å². The highest BCUT2D eigenvalue weighted by atomic mass is 16.5. The van der Waals surface area contributed by atoms with E-state index in [1.54, 1.807) is 12.1 Å². The van der Waals surface area contributed by atoms with Crippen LogP contribution in [0.3, 0.4) is 0 Å². The predicted molar refractivity (Wildman–Crippen MR) is 139 cm³/mol. The van der Waals surface area contributed by atoms with E-state index in [0.29, 0.717) is 50.0 Å². The topological polar surface area (TPSA) is 72.8 Å². The Bertz CT molecular complexity index is 1110. The molecule has 1 N–H and O–H groups in total. The van der Waals surface area contributed by atoms with E-state index in [9.17, 15) is 14.7 Å². The summed E-state index contributed by atoms with van der Waals surface area (Å²) in [4.78, 5) is 25.0.